The number of amides is 1. The second kappa shape index (κ2) is 12.7. The quantitative estimate of drug-likeness (QED) is 0.218. The molecule has 1 aliphatic rings. The van der Waals surface area contributed by atoms with Gasteiger partial charge in [0.15, 0.2) is 0 Å². The number of rotatable bonds is 8. The lowest BCUT2D eigenvalue weighted by molar-refractivity contribution is -0.127. The molecule has 3 N–H and O–H groups in total. The van der Waals surface area contributed by atoms with E-state index in [1.807, 2.05) is 6.07 Å². The van der Waals surface area contributed by atoms with Crippen molar-refractivity contribution < 1.29 is 40.6 Å². The Balaban J connectivity index is 1.62. The Kier molecular flexibility index (Phi) is 9.32. The van der Waals surface area contributed by atoms with Crippen molar-refractivity contribution in [2.45, 2.75) is 38.1 Å². The van der Waals surface area contributed by atoms with E-state index in [2.05, 4.69) is 32.5 Å². The van der Waals surface area contributed by atoms with Gasteiger partial charge in [0.2, 0.25) is 0 Å². The molecule has 1 saturated heterocycles. The minimum Gasteiger partial charge on any atom is -0.433 e. The van der Waals surface area contributed by atoms with Gasteiger partial charge in [-0.2, -0.15) is 22.0 Å². The number of fused-ring (bicyclic) bond motifs is 1. The van der Waals surface area contributed by atoms with Crippen molar-refractivity contribution in [3.05, 3.63) is 52.2 Å². The first-order chi connectivity index (χ1) is 19.1. The predicted molar refractivity (Wildman–Crippen MR) is 141 cm³/mol. The molecule has 3 aromatic rings. The Bertz CT molecular complexity index is 1420. The molecule has 4 rings (SSSR count). The summed E-state index contributed by atoms with van der Waals surface area (Å²) in [6, 6.07) is 6.90. The van der Waals surface area contributed by atoms with E-state index in [0.29, 0.717) is 29.0 Å². The molecule has 0 saturated carbocycles. The smallest absolute Gasteiger partial charge is 0.393 e. The van der Waals surface area contributed by atoms with E-state index in [9.17, 15) is 31.1 Å². The molecule has 1 aliphatic heterocycles. The first kappa shape index (κ1) is 29.4. The number of ether oxygens (including phenoxy) is 2. The molecular weight excluding hydrogens is 560 g/mol. The van der Waals surface area contributed by atoms with Crippen LogP contribution in [-0.2, 0) is 11.2 Å². The van der Waals surface area contributed by atoms with Crippen LogP contribution in [0.25, 0.3) is 10.1 Å². The van der Waals surface area contributed by atoms with Crippen LogP contribution in [0.4, 0.5) is 37.7 Å². The summed E-state index contributed by atoms with van der Waals surface area (Å²) >= 11 is 1.12. The molecule has 0 radical (unpaired) electrons. The van der Waals surface area contributed by atoms with Crippen molar-refractivity contribution in [3.63, 3.8) is 0 Å². The molecule has 0 aliphatic carbocycles. The Morgan fingerprint density at radius 3 is 2.62 bits per heavy atom. The summed E-state index contributed by atoms with van der Waals surface area (Å²) in [7, 11) is 1.25. The molecule has 1 amide bonds. The second-order valence-electron chi connectivity index (χ2n) is 8.86. The van der Waals surface area contributed by atoms with Crippen molar-refractivity contribution in [2.24, 2.45) is 0 Å². The molecule has 214 valence electrons. The summed E-state index contributed by atoms with van der Waals surface area (Å²) < 4.78 is 91.1. The molecule has 1 fully saturated rings. The molecule has 13 heteroatoms. The zero-order valence-corrected chi connectivity index (χ0v) is 22.0. The van der Waals surface area contributed by atoms with Gasteiger partial charge in [0.25, 0.3) is 5.91 Å². The van der Waals surface area contributed by atoms with Gasteiger partial charge in [-0.15, -0.1) is 11.3 Å². The third-order valence-corrected chi connectivity index (χ3v) is 7.30. The maximum absolute atomic E-state index is 14.4. The largest absolute Gasteiger partial charge is 0.433 e. The fourth-order valence-corrected chi connectivity index (χ4v) is 5.45. The minimum atomic E-state index is -4.47. The fourth-order valence-electron chi connectivity index (χ4n) is 4.28. The number of alkyl halides is 5. The van der Waals surface area contributed by atoms with E-state index >= 15 is 0 Å². The third kappa shape index (κ3) is 7.31. The number of nitrogens with one attached hydrogen (secondary N) is 3. The van der Waals surface area contributed by atoms with Crippen LogP contribution >= 0.6 is 11.3 Å². The number of thiophene rings is 1. The van der Waals surface area contributed by atoms with E-state index in [4.69, 9.17) is 4.74 Å². The zero-order chi connectivity index (χ0) is 28.9. The standard InChI is InChI=1S/C27H25F6N3O3S/c1-34-25(37)17-12-22(39-26(29)30)21(13-19(17)28)35-9-3-6-23-18(14-27(31,32)33)16-4-2-5-20(24(16)40-23)36-15-7-10-38-11-8-15/h2,4-5,12-13,15,26,35-36H,7-11,14H2,1H3,(H,34,37). The molecule has 0 unspecified atom stereocenters. The second-order valence-corrected chi connectivity index (χ2v) is 9.88. The Morgan fingerprint density at radius 1 is 1.20 bits per heavy atom. The van der Waals surface area contributed by atoms with E-state index in [1.165, 1.54) is 7.05 Å². The first-order valence-electron chi connectivity index (χ1n) is 12.2. The topological polar surface area (TPSA) is 71.6 Å². The Morgan fingerprint density at radius 2 is 1.95 bits per heavy atom. The lowest BCUT2D eigenvalue weighted by Gasteiger charge is -2.24. The Hall–Kier alpha value is -3.63. The molecule has 6 nitrogen and oxygen atoms in total. The molecule has 1 aromatic heterocycles. The van der Waals surface area contributed by atoms with Gasteiger partial charge >= 0.3 is 12.8 Å². The number of hydrogen-bond donors (Lipinski definition) is 3. The molecule has 2 heterocycles. The van der Waals surface area contributed by atoms with Gasteiger partial charge in [0.1, 0.15) is 11.6 Å². The van der Waals surface area contributed by atoms with E-state index in [1.54, 1.807) is 12.1 Å². The molecule has 40 heavy (non-hydrogen) atoms. The monoisotopic (exact) mass is 585 g/mol. The molecular formula is C27H25F6N3O3S. The average Bonchev–Trinajstić information content (AvgIpc) is 3.24. The number of carbonyl (C=O) groups is 1. The van der Waals surface area contributed by atoms with E-state index in [0.717, 1.165) is 36.3 Å². The highest BCUT2D eigenvalue weighted by molar-refractivity contribution is 7.20. The SMILES string of the molecule is CNC(=O)c1cc(OC(F)F)c(NCC#Cc2sc3c(NC4CCOCC4)cccc3c2CC(F)(F)F)cc1F. The number of carbonyl (C=O) groups excluding carboxylic acids is 1. The van der Waals surface area contributed by atoms with Crippen LogP contribution in [0, 0.1) is 17.7 Å². The summed E-state index contributed by atoms with van der Waals surface area (Å²) in [4.78, 5) is 12.0. The van der Waals surface area contributed by atoms with E-state index < -0.39 is 42.2 Å². The van der Waals surface area contributed by atoms with Gasteiger partial charge in [-0.3, -0.25) is 4.79 Å². The molecule has 2 aromatic carbocycles. The van der Waals surface area contributed by atoms with Gasteiger partial charge < -0.3 is 25.4 Å². The predicted octanol–water partition coefficient (Wildman–Crippen LogP) is 6.16. The fraction of sp³-hybridized carbons (Fsp3) is 0.370. The van der Waals surface area contributed by atoms with Crippen LogP contribution in [0.2, 0.25) is 0 Å². The lowest BCUT2D eigenvalue weighted by atomic mass is 10.1. The maximum Gasteiger partial charge on any atom is 0.393 e. The lowest BCUT2D eigenvalue weighted by Crippen LogP contribution is -2.27. The van der Waals surface area contributed by atoms with Gasteiger partial charge in [-0.25, -0.2) is 4.39 Å². The van der Waals surface area contributed by atoms with Crippen molar-refractivity contribution >= 4 is 38.7 Å². The minimum absolute atomic E-state index is 0.0401. The number of benzene rings is 2. The summed E-state index contributed by atoms with van der Waals surface area (Å²) in [5.41, 5.74) is 0.0550. The maximum atomic E-state index is 14.4. The van der Waals surface area contributed by atoms with E-state index in [-0.39, 0.29) is 28.7 Å². The van der Waals surface area contributed by atoms with Crippen LogP contribution in [0.1, 0.15) is 33.6 Å². The van der Waals surface area contributed by atoms with Crippen molar-refractivity contribution in [2.75, 3.05) is 37.4 Å². The summed E-state index contributed by atoms with van der Waals surface area (Å²) in [6.45, 7) is -2.28. The average molecular weight is 586 g/mol. The van der Waals surface area contributed by atoms with Crippen molar-refractivity contribution in [1.82, 2.24) is 5.32 Å². The van der Waals surface area contributed by atoms with Crippen molar-refractivity contribution in [1.29, 1.82) is 0 Å². The molecule has 0 spiro atoms. The highest BCUT2D eigenvalue weighted by Gasteiger charge is 2.31. The third-order valence-electron chi connectivity index (χ3n) is 6.10. The van der Waals surface area contributed by atoms with Crippen LogP contribution in [-0.4, -0.2) is 51.5 Å². The highest BCUT2D eigenvalue weighted by Crippen LogP contribution is 2.39. The summed E-state index contributed by atoms with van der Waals surface area (Å²) in [6.07, 6.45) is -4.10. The number of halogens is 6. The van der Waals surface area contributed by atoms with Crippen LogP contribution < -0.4 is 20.7 Å². The summed E-state index contributed by atoms with van der Waals surface area (Å²) in [5, 5.41) is 8.68. The Labute approximate surface area is 230 Å². The van der Waals surface area contributed by atoms with Crippen LogP contribution in [0.5, 0.6) is 5.75 Å². The normalized spacial score (nSPS) is 14.1. The van der Waals surface area contributed by atoms with Crippen LogP contribution in [0.3, 0.4) is 0 Å². The molecule has 0 bridgehead atoms. The number of anilines is 2. The van der Waals surface area contributed by atoms with Gasteiger partial charge in [-0.05, 0) is 35.9 Å². The van der Waals surface area contributed by atoms with Crippen molar-refractivity contribution in [3.8, 4) is 17.6 Å². The van der Waals surface area contributed by atoms with Gasteiger partial charge in [0, 0.05) is 32.4 Å². The first-order valence-corrected chi connectivity index (χ1v) is 13.1. The summed E-state index contributed by atoms with van der Waals surface area (Å²) in [5.74, 6) is 3.13. The number of hydrogen-bond acceptors (Lipinski definition) is 6. The molecule has 0 atom stereocenters. The van der Waals surface area contributed by atoms with Crippen LogP contribution in [0.15, 0.2) is 30.3 Å². The zero-order valence-electron chi connectivity index (χ0n) is 21.2. The highest BCUT2D eigenvalue weighted by atomic mass is 32.1. The van der Waals surface area contributed by atoms with Gasteiger partial charge in [0.05, 0.1) is 39.5 Å². The van der Waals surface area contributed by atoms with Gasteiger partial charge in [-0.1, -0.05) is 24.0 Å².